The van der Waals surface area contributed by atoms with Gasteiger partial charge in [-0.1, -0.05) is 35.9 Å². The number of hydrogen-bond donors (Lipinski definition) is 1. The maximum Gasteiger partial charge on any atom is 0.233 e. The molecule has 1 atom stereocenters. The van der Waals surface area contributed by atoms with Crippen LogP contribution in [0.3, 0.4) is 0 Å². The van der Waals surface area contributed by atoms with Crippen molar-refractivity contribution in [3.05, 3.63) is 70.4 Å². The lowest BCUT2D eigenvalue weighted by molar-refractivity contribution is -0.116. The lowest BCUT2D eigenvalue weighted by atomic mass is 9.86. The number of nitrogens with zero attached hydrogens (tertiary/aromatic N) is 4. The van der Waals surface area contributed by atoms with E-state index in [1.165, 1.54) is 0 Å². The molecule has 0 bridgehead atoms. The number of anilines is 1. The Labute approximate surface area is 166 Å². The number of rotatable bonds is 2. The van der Waals surface area contributed by atoms with E-state index >= 15 is 0 Å². The maximum atomic E-state index is 12.5. The van der Waals surface area contributed by atoms with Crippen LogP contribution < -0.4 is 5.32 Å². The zero-order chi connectivity index (χ0) is 19.4. The highest BCUT2D eigenvalue weighted by atomic mass is 35.5. The van der Waals surface area contributed by atoms with Crippen molar-refractivity contribution in [2.75, 3.05) is 5.32 Å². The Balaban J connectivity index is 1.72. The van der Waals surface area contributed by atoms with Gasteiger partial charge in [-0.25, -0.2) is 4.98 Å². The number of amides is 1. The lowest BCUT2D eigenvalue weighted by Crippen LogP contribution is -2.25. The Kier molecular flexibility index (Phi) is 3.77. The average molecular weight is 392 g/mol. The number of carbonyl (C=O) groups excluding carboxylic acids is 1. The van der Waals surface area contributed by atoms with Crippen LogP contribution in [-0.2, 0) is 11.8 Å². The maximum absolute atomic E-state index is 12.5. The van der Waals surface area contributed by atoms with Gasteiger partial charge in [0.1, 0.15) is 5.82 Å². The standard InChI is InChI=1S/C21H18ClN5O/c1-12-19-15(13-6-5-7-14(22)10-13)11-18(28)24-20(19)27(25-12)21-23-16-8-3-4-9-17(16)26(21)2/h3-10,15H,11H2,1-2H3,(H,24,28)/t15-/m0/s1. The van der Waals surface area contributed by atoms with Crippen LogP contribution in [0.5, 0.6) is 0 Å². The number of benzene rings is 2. The molecule has 2 aromatic heterocycles. The minimum atomic E-state index is -0.0918. The first-order chi connectivity index (χ1) is 13.5. The van der Waals surface area contributed by atoms with Crippen LogP contribution in [0.1, 0.15) is 29.2 Å². The third-order valence-electron chi connectivity index (χ3n) is 5.31. The number of aromatic nitrogens is 4. The molecule has 6 nitrogen and oxygen atoms in total. The zero-order valence-corrected chi connectivity index (χ0v) is 16.2. The predicted octanol–water partition coefficient (Wildman–Crippen LogP) is 4.19. The van der Waals surface area contributed by atoms with E-state index in [9.17, 15) is 4.79 Å². The second-order valence-corrected chi connectivity index (χ2v) is 7.52. The summed E-state index contributed by atoms with van der Waals surface area (Å²) in [5.74, 6) is 1.21. The first kappa shape index (κ1) is 17.0. The molecule has 4 aromatic rings. The molecular weight excluding hydrogens is 374 g/mol. The Morgan fingerprint density at radius 2 is 2.00 bits per heavy atom. The number of nitrogens with one attached hydrogen (secondary N) is 1. The van der Waals surface area contributed by atoms with Crippen molar-refractivity contribution < 1.29 is 4.79 Å². The van der Waals surface area contributed by atoms with Crippen LogP contribution in [0.25, 0.3) is 17.0 Å². The van der Waals surface area contributed by atoms with Crippen molar-refractivity contribution in [3.8, 4) is 5.95 Å². The van der Waals surface area contributed by atoms with Gasteiger partial charge in [-0.3, -0.25) is 4.79 Å². The molecule has 3 heterocycles. The number of fused-ring (bicyclic) bond motifs is 2. The van der Waals surface area contributed by atoms with Gasteiger partial charge in [0.05, 0.1) is 16.7 Å². The molecule has 5 rings (SSSR count). The van der Waals surface area contributed by atoms with E-state index in [1.807, 2.05) is 67.1 Å². The van der Waals surface area contributed by atoms with Gasteiger partial charge in [-0.2, -0.15) is 9.78 Å². The fourth-order valence-electron chi connectivity index (χ4n) is 4.02. The summed E-state index contributed by atoms with van der Waals surface area (Å²) in [6, 6.07) is 15.6. The van der Waals surface area contributed by atoms with Gasteiger partial charge in [0, 0.05) is 30.0 Å². The Hall–Kier alpha value is -3.12. The van der Waals surface area contributed by atoms with Crippen molar-refractivity contribution in [2.45, 2.75) is 19.3 Å². The molecule has 0 saturated carbocycles. The molecular formula is C21H18ClN5O. The van der Waals surface area contributed by atoms with Gasteiger partial charge in [0.2, 0.25) is 11.9 Å². The highest BCUT2D eigenvalue weighted by Crippen LogP contribution is 2.40. The van der Waals surface area contributed by atoms with Crippen LogP contribution in [-0.4, -0.2) is 25.2 Å². The molecule has 1 amide bonds. The monoisotopic (exact) mass is 391 g/mol. The second kappa shape index (κ2) is 6.21. The summed E-state index contributed by atoms with van der Waals surface area (Å²) in [5.41, 5.74) is 4.78. The number of imidazole rings is 1. The quantitative estimate of drug-likeness (QED) is 0.557. The van der Waals surface area contributed by atoms with Crippen molar-refractivity contribution in [3.63, 3.8) is 0 Å². The third kappa shape index (κ3) is 2.52. The molecule has 7 heteroatoms. The van der Waals surface area contributed by atoms with Gasteiger partial charge in [0.25, 0.3) is 0 Å². The molecule has 2 aromatic carbocycles. The third-order valence-corrected chi connectivity index (χ3v) is 5.54. The number of halogens is 1. The van der Waals surface area contributed by atoms with E-state index in [0.717, 1.165) is 27.9 Å². The van der Waals surface area contributed by atoms with Gasteiger partial charge < -0.3 is 9.88 Å². The number of carbonyl (C=O) groups is 1. The van der Waals surface area contributed by atoms with Crippen LogP contribution in [0.4, 0.5) is 5.82 Å². The van der Waals surface area contributed by atoms with Crippen LogP contribution in [0.15, 0.2) is 48.5 Å². The minimum absolute atomic E-state index is 0.0441. The minimum Gasteiger partial charge on any atom is -0.311 e. The molecule has 0 saturated heterocycles. The Morgan fingerprint density at radius 3 is 2.79 bits per heavy atom. The summed E-state index contributed by atoms with van der Waals surface area (Å²) >= 11 is 6.20. The molecule has 0 radical (unpaired) electrons. The molecule has 28 heavy (non-hydrogen) atoms. The summed E-state index contributed by atoms with van der Waals surface area (Å²) in [4.78, 5) is 17.3. The van der Waals surface area contributed by atoms with Crippen molar-refractivity contribution >= 4 is 34.4 Å². The van der Waals surface area contributed by atoms with E-state index in [2.05, 4.69) is 5.32 Å². The normalized spacial score (nSPS) is 16.2. The summed E-state index contributed by atoms with van der Waals surface area (Å²) in [5, 5.41) is 8.40. The number of hydrogen-bond acceptors (Lipinski definition) is 3. The molecule has 1 aliphatic heterocycles. The van der Waals surface area contributed by atoms with Crippen molar-refractivity contribution in [1.82, 2.24) is 19.3 Å². The lowest BCUT2D eigenvalue weighted by Gasteiger charge is -2.24. The van der Waals surface area contributed by atoms with Crippen LogP contribution >= 0.6 is 11.6 Å². The molecule has 140 valence electrons. The average Bonchev–Trinajstić information content (AvgIpc) is 3.18. The Bertz CT molecular complexity index is 1240. The summed E-state index contributed by atoms with van der Waals surface area (Å²) in [6.07, 6.45) is 0.364. The summed E-state index contributed by atoms with van der Waals surface area (Å²) in [6.45, 7) is 1.97. The second-order valence-electron chi connectivity index (χ2n) is 7.08. The van der Waals surface area contributed by atoms with Crippen LogP contribution in [0.2, 0.25) is 5.02 Å². The van der Waals surface area contributed by atoms with Crippen molar-refractivity contribution in [2.24, 2.45) is 7.05 Å². The van der Waals surface area contributed by atoms with Gasteiger partial charge in [-0.15, -0.1) is 0 Å². The first-order valence-corrected chi connectivity index (χ1v) is 9.47. The molecule has 0 unspecified atom stereocenters. The summed E-state index contributed by atoms with van der Waals surface area (Å²) < 4.78 is 3.72. The summed E-state index contributed by atoms with van der Waals surface area (Å²) in [7, 11) is 1.95. The highest BCUT2D eigenvalue weighted by molar-refractivity contribution is 6.30. The molecule has 0 aliphatic carbocycles. The van der Waals surface area contributed by atoms with Crippen LogP contribution in [0, 0.1) is 6.92 Å². The predicted molar refractivity (Wildman–Crippen MR) is 109 cm³/mol. The van der Waals surface area contributed by atoms with Crippen molar-refractivity contribution in [1.29, 1.82) is 0 Å². The first-order valence-electron chi connectivity index (χ1n) is 9.09. The number of aryl methyl sites for hydroxylation is 2. The van der Waals surface area contributed by atoms with E-state index in [4.69, 9.17) is 21.7 Å². The van der Waals surface area contributed by atoms with E-state index in [1.54, 1.807) is 4.68 Å². The SMILES string of the molecule is Cc1nn(-c2nc3ccccc3n2C)c2c1[C@H](c1cccc(Cl)c1)CC(=O)N2. The Morgan fingerprint density at radius 1 is 1.18 bits per heavy atom. The van der Waals surface area contributed by atoms with E-state index < -0.39 is 0 Å². The molecule has 1 aliphatic rings. The zero-order valence-electron chi connectivity index (χ0n) is 15.5. The van der Waals surface area contributed by atoms with E-state index in [-0.39, 0.29) is 11.8 Å². The molecule has 1 N–H and O–H groups in total. The fraction of sp³-hybridized carbons (Fsp3) is 0.190. The van der Waals surface area contributed by atoms with E-state index in [0.29, 0.717) is 23.2 Å². The topological polar surface area (TPSA) is 64.7 Å². The van der Waals surface area contributed by atoms with Gasteiger partial charge >= 0.3 is 0 Å². The highest BCUT2D eigenvalue weighted by Gasteiger charge is 2.33. The fourth-order valence-corrected chi connectivity index (χ4v) is 4.22. The van der Waals surface area contributed by atoms with Gasteiger partial charge in [0.15, 0.2) is 0 Å². The largest absolute Gasteiger partial charge is 0.311 e. The number of para-hydroxylation sites is 2. The smallest absolute Gasteiger partial charge is 0.233 e. The molecule has 0 spiro atoms. The van der Waals surface area contributed by atoms with Gasteiger partial charge in [-0.05, 0) is 36.8 Å². The molecule has 0 fully saturated rings.